The van der Waals surface area contributed by atoms with E-state index in [-0.39, 0.29) is 16.8 Å². The normalized spacial score (nSPS) is 18.1. The van der Waals surface area contributed by atoms with E-state index >= 15 is 4.39 Å². The Bertz CT molecular complexity index is 1090. The quantitative estimate of drug-likeness (QED) is 0.266. The Labute approximate surface area is 213 Å². The minimum absolute atomic E-state index is 0.0282. The summed E-state index contributed by atoms with van der Waals surface area (Å²) in [5, 5.41) is 4.06. The van der Waals surface area contributed by atoms with Crippen molar-refractivity contribution in [3.63, 3.8) is 0 Å². The van der Waals surface area contributed by atoms with Crippen LogP contribution in [0.25, 0.3) is 0 Å². The number of hydrogen-bond donors (Lipinski definition) is 2. The zero-order chi connectivity index (χ0) is 25.9. The standard InChI is InChI=1S/C25H30F4N6S/c1-33-10-12-35(13-11-33)22-15-23(21(26)14-19(22)16-31-32-24(30)36)34-8-6-18(7-9-34)17-2-4-20(5-3-17)25(27,28)29/h2-5,14-16,18H,6-13H2,1H3,(H3,30,32,36)/b31-16+. The van der Waals surface area contributed by atoms with E-state index in [0.717, 1.165) is 62.4 Å². The average Bonchev–Trinajstić information content (AvgIpc) is 2.84. The van der Waals surface area contributed by atoms with E-state index < -0.39 is 11.7 Å². The van der Waals surface area contributed by atoms with Gasteiger partial charge >= 0.3 is 6.18 Å². The Balaban J connectivity index is 1.52. The third kappa shape index (κ3) is 6.25. The van der Waals surface area contributed by atoms with Gasteiger partial charge in [0.15, 0.2) is 5.11 Å². The van der Waals surface area contributed by atoms with Crippen LogP contribution in [0.2, 0.25) is 0 Å². The molecule has 2 saturated heterocycles. The highest BCUT2D eigenvalue weighted by Crippen LogP contribution is 2.36. The molecule has 0 spiro atoms. The molecule has 36 heavy (non-hydrogen) atoms. The number of hydrogen-bond acceptors (Lipinski definition) is 5. The number of anilines is 2. The molecule has 0 aromatic heterocycles. The Morgan fingerprint density at radius 3 is 2.19 bits per heavy atom. The van der Waals surface area contributed by atoms with Gasteiger partial charge in [-0.05, 0) is 67.9 Å². The van der Waals surface area contributed by atoms with Gasteiger partial charge in [0, 0.05) is 50.5 Å². The van der Waals surface area contributed by atoms with Gasteiger partial charge in [0.05, 0.1) is 17.5 Å². The summed E-state index contributed by atoms with van der Waals surface area (Å²) in [6.07, 6.45) is -1.36. The van der Waals surface area contributed by atoms with Crippen LogP contribution in [0.15, 0.2) is 41.5 Å². The van der Waals surface area contributed by atoms with Crippen molar-refractivity contribution in [2.75, 3.05) is 56.1 Å². The fraction of sp³-hybridized carbons (Fsp3) is 0.440. The Morgan fingerprint density at radius 2 is 1.61 bits per heavy atom. The molecule has 0 aliphatic carbocycles. The monoisotopic (exact) mass is 522 g/mol. The van der Waals surface area contributed by atoms with Gasteiger partial charge in [0.25, 0.3) is 0 Å². The molecule has 0 saturated carbocycles. The van der Waals surface area contributed by atoms with Crippen molar-refractivity contribution < 1.29 is 17.6 Å². The molecule has 2 aromatic carbocycles. The number of nitrogens with one attached hydrogen (secondary N) is 1. The summed E-state index contributed by atoms with van der Waals surface area (Å²) in [7, 11) is 2.07. The molecule has 0 unspecified atom stereocenters. The zero-order valence-corrected chi connectivity index (χ0v) is 20.9. The molecule has 2 aliphatic heterocycles. The molecule has 0 radical (unpaired) electrons. The van der Waals surface area contributed by atoms with Crippen LogP contribution in [0, 0.1) is 5.82 Å². The van der Waals surface area contributed by atoms with Crippen LogP contribution in [0.5, 0.6) is 0 Å². The number of piperazine rings is 1. The number of halogens is 4. The Hall–Kier alpha value is -2.92. The first kappa shape index (κ1) is 26.2. The molecule has 2 fully saturated rings. The highest BCUT2D eigenvalue weighted by molar-refractivity contribution is 7.80. The van der Waals surface area contributed by atoms with Crippen LogP contribution in [0.4, 0.5) is 28.9 Å². The summed E-state index contributed by atoms with van der Waals surface area (Å²) in [6.45, 7) is 4.63. The summed E-state index contributed by atoms with van der Waals surface area (Å²) < 4.78 is 54.0. The lowest BCUT2D eigenvalue weighted by Gasteiger charge is -2.37. The first-order valence-electron chi connectivity index (χ1n) is 11.9. The zero-order valence-electron chi connectivity index (χ0n) is 20.1. The van der Waals surface area contributed by atoms with Crippen LogP contribution >= 0.6 is 12.2 Å². The number of piperidine rings is 1. The largest absolute Gasteiger partial charge is 0.416 e. The van der Waals surface area contributed by atoms with Crippen molar-refractivity contribution in [2.24, 2.45) is 10.8 Å². The Morgan fingerprint density at radius 1 is 1.00 bits per heavy atom. The van der Waals surface area contributed by atoms with E-state index in [1.165, 1.54) is 12.3 Å². The molecule has 0 bridgehead atoms. The molecule has 4 rings (SSSR count). The number of alkyl halides is 3. The minimum atomic E-state index is -4.34. The first-order valence-corrected chi connectivity index (χ1v) is 12.3. The molecular weight excluding hydrogens is 492 g/mol. The number of hydrazone groups is 1. The lowest BCUT2D eigenvalue weighted by Crippen LogP contribution is -2.45. The third-order valence-electron chi connectivity index (χ3n) is 6.86. The fourth-order valence-electron chi connectivity index (χ4n) is 4.80. The second kappa shape index (κ2) is 11.0. The topological polar surface area (TPSA) is 60.1 Å². The molecule has 0 amide bonds. The van der Waals surface area contributed by atoms with Gasteiger partial charge < -0.3 is 20.4 Å². The maximum absolute atomic E-state index is 15.3. The SMILES string of the molecule is CN1CCN(c2cc(N3CCC(c4ccc(C(F)(F)F)cc4)CC3)c(F)cc2/C=N/NC(N)=S)CC1. The predicted molar refractivity (Wildman–Crippen MR) is 139 cm³/mol. The molecule has 2 aromatic rings. The van der Waals surface area contributed by atoms with Gasteiger partial charge in [0.1, 0.15) is 5.82 Å². The van der Waals surface area contributed by atoms with Crippen molar-refractivity contribution in [3.05, 3.63) is 58.9 Å². The van der Waals surface area contributed by atoms with E-state index in [4.69, 9.17) is 18.0 Å². The van der Waals surface area contributed by atoms with Crippen molar-refractivity contribution in [2.45, 2.75) is 24.9 Å². The van der Waals surface area contributed by atoms with Crippen LogP contribution in [-0.2, 0) is 6.18 Å². The molecular formula is C25H30F4N6S. The highest BCUT2D eigenvalue weighted by Gasteiger charge is 2.31. The fourth-order valence-corrected chi connectivity index (χ4v) is 4.85. The molecule has 2 aliphatic rings. The molecule has 194 valence electrons. The third-order valence-corrected chi connectivity index (χ3v) is 6.95. The van der Waals surface area contributed by atoms with Gasteiger partial charge in [-0.2, -0.15) is 18.3 Å². The molecule has 11 heteroatoms. The first-order chi connectivity index (χ1) is 17.1. The molecule has 3 N–H and O–H groups in total. The van der Waals surface area contributed by atoms with E-state index in [1.54, 1.807) is 12.1 Å². The van der Waals surface area contributed by atoms with Crippen LogP contribution < -0.4 is 21.0 Å². The van der Waals surface area contributed by atoms with Gasteiger partial charge in [-0.3, -0.25) is 5.43 Å². The number of nitrogens with zero attached hydrogens (tertiary/aromatic N) is 4. The number of thiocarbonyl (C=S) groups is 1. The van der Waals surface area contributed by atoms with Gasteiger partial charge in [0.2, 0.25) is 0 Å². The van der Waals surface area contributed by atoms with E-state index in [2.05, 4.69) is 27.4 Å². The van der Waals surface area contributed by atoms with Crippen LogP contribution in [0.1, 0.15) is 35.4 Å². The maximum atomic E-state index is 15.3. The molecule has 6 nitrogen and oxygen atoms in total. The van der Waals surface area contributed by atoms with E-state index in [1.807, 2.05) is 11.0 Å². The van der Waals surface area contributed by atoms with Crippen molar-refractivity contribution >= 4 is 34.9 Å². The van der Waals surface area contributed by atoms with Crippen molar-refractivity contribution in [1.82, 2.24) is 10.3 Å². The number of nitrogens with two attached hydrogens (primary N) is 1. The second-order valence-electron chi connectivity index (χ2n) is 9.27. The average molecular weight is 523 g/mol. The smallest absolute Gasteiger partial charge is 0.375 e. The summed E-state index contributed by atoms with van der Waals surface area (Å²) in [5.41, 5.74) is 10.2. The van der Waals surface area contributed by atoms with Gasteiger partial charge in [-0.25, -0.2) is 4.39 Å². The predicted octanol–water partition coefficient (Wildman–Crippen LogP) is 4.15. The van der Waals surface area contributed by atoms with Gasteiger partial charge in [-0.1, -0.05) is 12.1 Å². The molecule has 0 atom stereocenters. The van der Waals surface area contributed by atoms with Crippen LogP contribution in [-0.4, -0.2) is 62.5 Å². The molecule has 2 heterocycles. The summed E-state index contributed by atoms with van der Waals surface area (Å²) >= 11 is 4.79. The van der Waals surface area contributed by atoms with Crippen molar-refractivity contribution in [3.8, 4) is 0 Å². The van der Waals surface area contributed by atoms with Gasteiger partial charge in [-0.15, -0.1) is 0 Å². The maximum Gasteiger partial charge on any atom is 0.416 e. The van der Waals surface area contributed by atoms with Crippen molar-refractivity contribution in [1.29, 1.82) is 0 Å². The number of rotatable bonds is 5. The lowest BCUT2D eigenvalue weighted by atomic mass is 9.88. The summed E-state index contributed by atoms with van der Waals surface area (Å²) in [6, 6.07) is 8.75. The van der Waals surface area contributed by atoms with Crippen LogP contribution in [0.3, 0.4) is 0 Å². The summed E-state index contributed by atoms with van der Waals surface area (Å²) in [4.78, 5) is 6.48. The second-order valence-corrected chi connectivity index (χ2v) is 9.71. The number of likely N-dealkylation sites (N-methyl/N-ethyl adjacent to an activating group) is 1. The Kier molecular flexibility index (Phi) is 7.99. The minimum Gasteiger partial charge on any atom is -0.375 e. The lowest BCUT2D eigenvalue weighted by molar-refractivity contribution is -0.137. The highest BCUT2D eigenvalue weighted by atomic mass is 32.1. The number of benzene rings is 2. The van der Waals surface area contributed by atoms with E-state index in [0.29, 0.717) is 24.3 Å². The van der Waals surface area contributed by atoms with E-state index in [9.17, 15) is 13.2 Å². The summed E-state index contributed by atoms with van der Waals surface area (Å²) in [5.74, 6) is -0.209.